The summed E-state index contributed by atoms with van der Waals surface area (Å²) in [6.45, 7) is 5.46. The van der Waals surface area contributed by atoms with Gasteiger partial charge in [0, 0.05) is 11.4 Å². The molecule has 0 spiro atoms. The average Bonchev–Trinajstić information content (AvgIpc) is 1.84. The van der Waals surface area contributed by atoms with Crippen molar-refractivity contribution < 1.29 is 9.90 Å². The van der Waals surface area contributed by atoms with Crippen molar-refractivity contribution in [2.75, 3.05) is 0 Å². The van der Waals surface area contributed by atoms with E-state index in [9.17, 15) is 9.90 Å². The first kappa shape index (κ1) is 14.3. The Morgan fingerprint density at radius 3 is 2.18 bits per heavy atom. The largest absolute Gasteiger partial charge is 2.00 e. The first-order chi connectivity index (χ1) is 4.50. The Morgan fingerprint density at radius 1 is 1.45 bits per heavy atom. The van der Waals surface area contributed by atoms with Gasteiger partial charge in [0.1, 0.15) is 0 Å². The van der Waals surface area contributed by atoms with E-state index < -0.39 is 11.4 Å². The van der Waals surface area contributed by atoms with Crippen molar-refractivity contribution in [3.05, 3.63) is 0 Å². The number of aliphatic carboxylic acids is 1. The number of carbonyl (C=O) groups is 1. The van der Waals surface area contributed by atoms with E-state index in [-0.39, 0.29) is 37.7 Å². The van der Waals surface area contributed by atoms with Gasteiger partial charge in [-0.25, -0.2) is 0 Å². The van der Waals surface area contributed by atoms with E-state index in [0.29, 0.717) is 6.42 Å². The molecular formula is C8H15CaO2+. The minimum atomic E-state index is -0.944. The predicted molar refractivity (Wildman–Crippen MR) is 44.1 cm³/mol. The summed E-state index contributed by atoms with van der Waals surface area (Å²) in [4.78, 5) is 10.4. The summed E-state index contributed by atoms with van der Waals surface area (Å²) in [5.41, 5.74) is -0.643. The topological polar surface area (TPSA) is 40.1 Å². The third kappa shape index (κ3) is 5.94. The molecule has 0 saturated carbocycles. The monoisotopic (exact) mass is 183 g/mol. The summed E-state index contributed by atoms with van der Waals surface area (Å²) in [6, 6.07) is 0. The standard InChI is InChI=1S/C8H16O2.Ca/c1-4-5-6-8(2,3)7(9)10;/h4-6H2,1-3H3,(H,9,10);/q;+2/p-1. The smallest absolute Gasteiger partial charge is 0.550 e. The Morgan fingerprint density at radius 2 is 1.91 bits per heavy atom. The van der Waals surface area contributed by atoms with Gasteiger partial charge in [-0.2, -0.15) is 0 Å². The van der Waals surface area contributed by atoms with Crippen molar-refractivity contribution in [3.8, 4) is 0 Å². The van der Waals surface area contributed by atoms with Crippen molar-refractivity contribution in [1.82, 2.24) is 0 Å². The molecule has 0 heterocycles. The Bertz CT molecular complexity index is 121. The summed E-state index contributed by atoms with van der Waals surface area (Å²) in [6.07, 6.45) is 2.71. The zero-order valence-electron chi connectivity index (χ0n) is 7.64. The van der Waals surface area contributed by atoms with Gasteiger partial charge in [-0.1, -0.05) is 33.6 Å². The van der Waals surface area contributed by atoms with Gasteiger partial charge in [-0.15, -0.1) is 0 Å². The molecule has 0 aromatic rings. The van der Waals surface area contributed by atoms with Crippen LogP contribution in [-0.2, 0) is 4.79 Å². The first-order valence-corrected chi connectivity index (χ1v) is 3.72. The van der Waals surface area contributed by atoms with E-state index in [1.54, 1.807) is 13.8 Å². The maximum atomic E-state index is 10.4. The Kier molecular flexibility index (Phi) is 8.13. The van der Waals surface area contributed by atoms with Crippen LogP contribution in [0.5, 0.6) is 0 Å². The maximum absolute atomic E-state index is 10.4. The van der Waals surface area contributed by atoms with Crippen molar-refractivity contribution >= 4 is 43.7 Å². The van der Waals surface area contributed by atoms with Gasteiger partial charge in [-0.05, 0) is 6.42 Å². The summed E-state index contributed by atoms with van der Waals surface area (Å²) in [5, 5.41) is 10.4. The van der Waals surface area contributed by atoms with Crippen LogP contribution < -0.4 is 5.11 Å². The van der Waals surface area contributed by atoms with Crippen LogP contribution in [0.2, 0.25) is 0 Å². The van der Waals surface area contributed by atoms with Crippen LogP contribution in [0.15, 0.2) is 0 Å². The molecule has 2 nitrogen and oxygen atoms in total. The van der Waals surface area contributed by atoms with Crippen molar-refractivity contribution in [3.63, 3.8) is 0 Å². The Hall–Kier alpha value is 0.730. The van der Waals surface area contributed by atoms with E-state index >= 15 is 0 Å². The summed E-state index contributed by atoms with van der Waals surface area (Å²) in [5.74, 6) is -0.944. The normalized spacial score (nSPS) is 10.5. The second-order valence-corrected chi connectivity index (χ2v) is 3.27. The number of unbranched alkanes of at least 4 members (excludes halogenated alkanes) is 1. The van der Waals surface area contributed by atoms with Gasteiger partial charge in [0.25, 0.3) is 0 Å². The van der Waals surface area contributed by atoms with Crippen LogP contribution in [0, 0.1) is 5.41 Å². The van der Waals surface area contributed by atoms with E-state index in [0.717, 1.165) is 12.8 Å². The van der Waals surface area contributed by atoms with E-state index in [1.165, 1.54) is 0 Å². The van der Waals surface area contributed by atoms with Gasteiger partial charge in [-0.3, -0.25) is 0 Å². The van der Waals surface area contributed by atoms with Crippen molar-refractivity contribution in [2.24, 2.45) is 5.41 Å². The molecule has 0 aliphatic carbocycles. The summed E-state index contributed by atoms with van der Waals surface area (Å²) < 4.78 is 0. The molecule has 0 fully saturated rings. The minimum absolute atomic E-state index is 0. The Balaban J connectivity index is 0. The van der Waals surface area contributed by atoms with Gasteiger partial charge in [0.05, 0.1) is 0 Å². The molecule has 0 unspecified atom stereocenters. The fourth-order valence-electron chi connectivity index (χ4n) is 0.721. The van der Waals surface area contributed by atoms with Crippen molar-refractivity contribution in [1.29, 1.82) is 0 Å². The molecule has 0 aliphatic rings. The molecule has 11 heavy (non-hydrogen) atoms. The number of carbonyl (C=O) groups excluding carboxylic acids is 1. The number of hydrogen-bond acceptors (Lipinski definition) is 2. The van der Waals surface area contributed by atoms with E-state index in [1.807, 2.05) is 6.92 Å². The van der Waals surface area contributed by atoms with Gasteiger partial charge in [0.15, 0.2) is 0 Å². The maximum Gasteiger partial charge on any atom is 2.00 e. The van der Waals surface area contributed by atoms with Gasteiger partial charge < -0.3 is 9.90 Å². The van der Waals surface area contributed by atoms with Crippen molar-refractivity contribution in [2.45, 2.75) is 40.0 Å². The molecule has 0 amide bonds. The SMILES string of the molecule is CCCCC(C)(C)C(=O)[O-].[Ca+2]. The number of carboxylic acid groups (broad SMARTS) is 1. The number of hydrogen-bond donors (Lipinski definition) is 0. The Labute approximate surface area is 98.4 Å². The predicted octanol–water partition coefficient (Wildman–Crippen LogP) is 0.572. The zero-order valence-corrected chi connectivity index (χ0v) is 9.85. The fraction of sp³-hybridized carbons (Fsp3) is 0.875. The first-order valence-electron chi connectivity index (χ1n) is 3.72. The molecule has 0 aliphatic heterocycles. The van der Waals surface area contributed by atoms with Gasteiger partial charge >= 0.3 is 37.7 Å². The second kappa shape index (κ2) is 6.27. The molecule has 0 saturated heterocycles. The quantitative estimate of drug-likeness (QED) is 0.598. The average molecular weight is 183 g/mol. The van der Waals surface area contributed by atoms with E-state index in [2.05, 4.69) is 0 Å². The van der Waals surface area contributed by atoms with E-state index in [4.69, 9.17) is 0 Å². The van der Waals surface area contributed by atoms with Gasteiger partial charge in [0.2, 0.25) is 0 Å². The minimum Gasteiger partial charge on any atom is -0.550 e. The second-order valence-electron chi connectivity index (χ2n) is 3.27. The molecule has 0 radical (unpaired) electrons. The number of rotatable bonds is 4. The van der Waals surface area contributed by atoms with Crippen LogP contribution in [-0.4, -0.2) is 43.7 Å². The third-order valence-electron chi connectivity index (χ3n) is 1.71. The zero-order chi connectivity index (χ0) is 8.20. The molecule has 0 aromatic carbocycles. The molecular weight excluding hydrogens is 168 g/mol. The van der Waals surface area contributed by atoms with Crippen LogP contribution >= 0.6 is 0 Å². The number of carboxylic acids is 1. The molecule has 60 valence electrons. The molecule has 0 N–H and O–H groups in total. The molecule has 0 rings (SSSR count). The van der Waals surface area contributed by atoms with Crippen LogP contribution in [0.4, 0.5) is 0 Å². The van der Waals surface area contributed by atoms with Crippen LogP contribution in [0.1, 0.15) is 40.0 Å². The summed E-state index contributed by atoms with van der Waals surface area (Å²) in [7, 11) is 0. The molecule has 3 heteroatoms. The summed E-state index contributed by atoms with van der Waals surface area (Å²) >= 11 is 0. The fourth-order valence-corrected chi connectivity index (χ4v) is 0.721. The molecule has 0 bridgehead atoms. The van der Waals surface area contributed by atoms with Crippen LogP contribution in [0.25, 0.3) is 0 Å². The van der Waals surface area contributed by atoms with Crippen LogP contribution in [0.3, 0.4) is 0 Å². The molecule has 0 atom stereocenters. The molecule has 0 aromatic heterocycles. The third-order valence-corrected chi connectivity index (χ3v) is 1.71.